The molecular formula is C10H16O4. The molecule has 0 aliphatic heterocycles. The maximum atomic E-state index is 11.4. The minimum absolute atomic E-state index is 0.0296. The van der Waals surface area contributed by atoms with Crippen molar-refractivity contribution in [3.05, 3.63) is 0 Å². The Morgan fingerprint density at radius 3 is 2.79 bits per heavy atom. The summed E-state index contributed by atoms with van der Waals surface area (Å²) in [4.78, 5) is 22.5. The highest BCUT2D eigenvalue weighted by atomic mass is 16.5. The van der Waals surface area contributed by atoms with Crippen molar-refractivity contribution >= 4 is 11.8 Å². The topological polar surface area (TPSA) is 63.6 Å². The number of carbonyl (C=O) groups excluding carboxylic acids is 2. The molecule has 0 aromatic rings. The molecule has 1 rings (SSSR count). The van der Waals surface area contributed by atoms with Gasteiger partial charge in [0.15, 0.2) is 6.10 Å². The summed E-state index contributed by atoms with van der Waals surface area (Å²) in [6.07, 6.45) is -0.229. The zero-order valence-corrected chi connectivity index (χ0v) is 8.53. The third-order valence-corrected chi connectivity index (χ3v) is 2.53. The van der Waals surface area contributed by atoms with Crippen LogP contribution in [0.1, 0.15) is 26.7 Å². The van der Waals surface area contributed by atoms with Crippen LogP contribution in [0, 0.1) is 11.8 Å². The van der Waals surface area contributed by atoms with E-state index >= 15 is 0 Å². The van der Waals surface area contributed by atoms with Crippen LogP contribution in [0.25, 0.3) is 0 Å². The molecule has 0 saturated heterocycles. The van der Waals surface area contributed by atoms with Gasteiger partial charge in [-0.05, 0) is 19.3 Å². The van der Waals surface area contributed by atoms with Crippen LogP contribution in [0.4, 0.5) is 0 Å². The van der Waals surface area contributed by atoms with Crippen molar-refractivity contribution in [1.82, 2.24) is 0 Å². The molecule has 1 saturated carbocycles. The predicted octanol–water partition coefficient (Wildman–Crippen LogP) is 0.526. The number of hydrogen-bond donors (Lipinski definition) is 1. The van der Waals surface area contributed by atoms with Gasteiger partial charge in [0.1, 0.15) is 5.78 Å². The van der Waals surface area contributed by atoms with Gasteiger partial charge in [-0.15, -0.1) is 0 Å². The maximum absolute atomic E-state index is 11.4. The molecule has 4 nitrogen and oxygen atoms in total. The van der Waals surface area contributed by atoms with Crippen LogP contribution in [0.5, 0.6) is 0 Å². The number of ether oxygens (including phenoxy) is 1. The lowest BCUT2D eigenvalue weighted by Gasteiger charge is -2.14. The van der Waals surface area contributed by atoms with Gasteiger partial charge in [-0.2, -0.15) is 0 Å². The minimum Gasteiger partial charge on any atom is -0.464 e. The molecule has 3 atom stereocenters. The molecule has 1 aliphatic rings. The molecule has 14 heavy (non-hydrogen) atoms. The number of ketones is 1. The zero-order valence-electron chi connectivity index (χ0n) is 8.53. The molecule has 0 heterocycles. The molecule has 1 N–H and O–H groups in total. The second-order valence-corrected chi connectivity index (χ2v) is 3.81. The van der Waals surface area contributed by atoms with Crippen molar-refractivity contribution in [3.63, 3.8) is 0 Å². The SMILES string of the molecule is CCOC(=O)C(O)C1CC(C)CC1=O. The first-order chi connectivity index (χ1) is 6.56. The molecule has 0 bridgehead atoms. The van der Waals surface area contributed by atoms with E-state index in [0.717, 1.165) is 0 Å². The smallest absolute Gasteiger partial charge is 0.335 e. The van der Waals surface area contributed by atoms with Crippen molar-refractivity contribution in [2.24, 2.45) is 11.8 Å². The Bertz CT molecular complexity index is 236. The Morgan fingerprint density at radius 2 is 2.36 bits per heavy atom. The van der Waals surface area contributed by atoms with Crippen molar-refractivity contribution in [2.75, 3.05) is 6.61 Å². The molecule has 1 aliphatic carbocycles. The molecule has 1 fully saturated rings. The summed E-state index contributed by atoms with van der Waals surface area (Å²) in [7, 11) is 0. The number of rotatable bonds is 3. The predicted molar refractivity (Wildman–Crippen MR) is 49.5 cm³/mol. The quantitative estimate of drug-likeness (QED) is 0.675. The average Bonchev–Trinajstić information content (AvgIpc) is 2.44. The van der Waals surface area contributed by atoms with E-state index in [4.69, 9.17) is 0 Å². The molecule has 3 unspecified atom stereocenters. The largest absolute Gasteiger partial charge is 0.464 e. The Balaban J connectivity index is 2.56. The van der Waals surface area contributed by atoms with E-state index in [1.54, 1.807) is 6.92 Å². The third kappa shape index (κ3) is 2.32. The van der Waals surface area contributed by atoms with E-state index in [0.29, 0.717) is 12.8 Å². The second-order valence-electron chi connectivity index (χ2n) is 3.81. The molecule has 0 amide bonds. The van der Waals surface area contributed by atoms with Crippen molar-refractivity contribution in [1.29, 1.82) is 0 Å². The molecule has 0 spiro atoms. The summed E-state index contributed by atoms with van der Waals surface area (Å²) in [5.74, 6) is -1.00. The van der Waals surface area contributed by atoms with Gasteiger partial charge in [0, 0.05) is 6.42 Å². The molecule has 4 heteroatoms. The molecule has 0 aromatic heterocycles. The van der Waals surface area contributed by atoms with Gasteiger partial charge in [-0.1, -0.05) is 6.92 Å². The Labute approximate surface area is 83.2 Å². The van der Waals surface area contributed by atoms with Crippen molar-refractivity contribution < 1.29 is 19.4 Å². The van der Waals surface area contributed by atoms with Crippen LogP contribution in [0.2, 0.25) is 0 Å². The van der Waals surface area contributed by atoms with Crippen molar-refractivity contribution in [3.8, 4) is 0 Å². The van der Waals surface area contributed by atoms with Gasteiger partial charge < -0.3 is 9.84 Å². The number of aliphatic hydroxyl groups excluding tert-OH is 1. The van der Waals surface area contributed by atoms with E-state index in [2.05, 4.69) is 4.74 Å². The van der Waals surface area contributed by atoms with Gasteiger partial charge in [-0.3, -0.25) is 4.79 Å². The fourth-order valence-corrected chi connectivity index (χ4v) is 1.84. The maximum Gasteiger partial charge on any atom is 0.335 e. The van der Waals surface area contributed by atoms with Gasteiger partial charge >= 0.3 is 5.97 Å². The summed E-state index contributed by atoms with van der Waals surface area (Å²) in [5.41, 5.74) is 0. The third-order valence-electron chi connectivity index (χ3n) is 2.53. The number of carbonyl (C=O) groups is 2. The number of hydrogen-bond acceptors (Lipinski definition) is 4. The monoisotopic (exact) mass is 200 g/mol. The van der Waals surface area contributed by atoms with E-state index < -0.39 is 18.0 Å². The lowest BCUT2D eigenvalue weighted by Crippen LogP contribution is -2.33. The zero-order chi connectivity index (χ0) is 10.7. The van der Waals surface area contributed by atoms with Crippen LogP contribution in [0.15, 0.2) is 0 Å². The number of esters is 1. The van der Waals surface area contributed by atoms with E-state index in [1.165, 1.54) is 0 Å². The van der Waals surface area contributed by atoms with Gasteiger partial charge in [0.05, 0.1) is 12.5 Å². The summed E-state index contributed by atoms with van der Waals surface area (Å²) >= 11 is 0. The van der Waals surface area contributed by atoms with Crippen LogP contribution in [-0.2, 0) is 14.3 Å². The summed E-state index contributed by atoms with van der Waals surface area (Å²) in [6, 6.07) is 0. The lowest BCUT2D eigenvalue weighted by molar-refractivity contribution is -0.157. The summed E-state index contributed by atoms with van der Waals surface area (Å²) in [5, 5.41) is 9.54. The molecule has 80 valence electrons. The standard InChI is InChI=1S/C10H16O4/c1-3-14-10(13)9(12)7-4-6(2)5-8(7)11/h6-7,9,12H,3-5H2,1-2H3. The summed E-state index contributed by atoms with van der Waals surface area (Å²) in [6.45, 7) is 3.84. The second kappa shape index (κ2) is 4.55. The van der Waals surface area contributed by atoms with Gasteiger partial charge in [0.2, 0.25) is 0 Å². The van der Waals surface area contributed by atoms with Gasteiger partial charge in [-0.25, -0.2) is 4.79 Å². The lowest BCUT2D eigenvalue weighted by atomic mass is 9.99. The first-order valence-corrected chi connectivity index (χ1v) is 4.93. The average molecular weight is 200 g/mol. The first-order valence-electron chi connectivity index (χ1n) is 4.93. The van der Waals surface area contributed by atoms with Gasteiger partial charge in [0.25, 0.3) is 0 Å². The highest BCUT2D eigenvalue weighted by molar-refractivity contribution is 5.89. The van der Waals surface area contributed by atoms with Crippen molar-refractivity contribution in [2.45, 2.75) is 32.8 Å². The summed E-state index contributed by atoms with van der Waals surface area (Å²) < 4.78 is 4.66. The van der Waals surface area contributed by atoms with Crippen LogP contribution >= 0.6 is 0 Å². The fraction of sp³-hybridized carbons (Fsp3) is 0.800. The molecule has 0 radical (unpaired) electrons. The normalized spacial score (nSPS) is 28.9. The van der Waals surface area contributed by atoms with Crippen LogP contribution in [-0.4, -0.2) is 29.6 Å². The number of Topliss-reactive ketones (excluding diaryl/α,β-unsaturated/α-hetero) is 1. The Hall–Kier alpha value is -0.900. The Morgan fingerprint density at radius 1 is 1.71 bits per heavy atom. The molecular weight excluding hydrogens is 184 g/mol. The molecule has 0 aromatic carbocycles. The fourth-order valence-electron chi connectivity index (χ4n) is 1.84. The van der Waals surface area contributed by atoms with Crippen LogP contribution < -0.4 is 0 Å². The van der Waals surface area contributed by atoms with E-state index in [-0.39, 0.29) is 18.3 Å². The highest BCUT2D eigenvalue weighted by Crippen LogP contribution is 2.30. The van der Waals surface area contributed by atoms with Crippen LogP contribution in [0.3, 0.4) is 0 Å². The van der Waals surface area contributed by atoms with E-state index in [9.17, 15) is 14.7 Å². The first kappa shape index (κ1) is 11.2. The Kier molecular flexibility index (Phi) is 3.63. The number of aliphatic hydroxyl groups is 1. The minimum atomic E-state index is -1.27. The highest BCUT2D eigenvalue weighted by Gasteiger charge is 2.39. The van der Waals surface area contributed by atoms with E-state index in [1.807, 2.05) is 6.92 Å².